The van der Waals surface area contributed by atoms with Crippen molar-refractivity contribution >= 4 is 5.57 Å². The largest absolute Gasteiger partial charge is 0.378 e. The number of hydrogen-bond acceptors (Lipinski definition) is 4. The van der Waals surface area contributed by atoms with E-state index in [1.54, 1.807) is 12.1 Å². The molecule has 2 aliphatic heterocycles. The molecular formula is C17H20FN3O. The molecule has 0 unspecified atom stereocenters. The molecule has 0 spiro atoms. The van der Waals surface area contributed by atoms with Crippen LogP contribution in [0.15, 0.2) is 24.3 Å². The number of rotatable bonds is 4. The standard InChI is InChI=1S/C17H20FN3O/c18-17-8-13(1-2-14(17)7-15(20)9-19)12-3-5-21(6-4-12)16-10-22-11-16/h1-3,8,15-16H,4-7,10-11,20H2/t15-/m0/s1. The number of nitrogens with zero attached hydrogens (tertiary/aromatic N) is 2. The molecule has 5 heteroatoms. The second-order valence-electron chi connectivity index (χ2n) is 5.91. The van der Waals surface area contributed by atoms with Gasteiger partial charge in [0.1, 0.15) is 5.82 Å². The highest BCUT2D eigenvalue weighted by molar-refractivity contribution is 5.67. The summed E-state index contributed by atoms with van der Waals surface area (Å²) >= 11 is 0. The number of nitriles is 1. The normalized spacial score (nSPS) is 20.9. The van der Waals surface area contributed by atoms with E-state index in [1.165, 1.54) is 5.57 Å². The van der Waals surface area contributed by atoms with Crippen molar-refractivity contribution < 1.29 is 9.13 Å². The lowest BCUT2D eigenvalue weighted by atomic mass is 9.96. The van der Waals surface area contributed by atoms with Crippen LogP contribution in [0.5, 0.6) is 0 Å². The Morgan fingerprint density at radius 2 is 2.27 bits per heavy atom. The first kappa shape index (κ1) is 15.2. The summed E-state index contributed by atoms with van der Waals surface area (Å²) in [5.41, 5.74) is 8.18. The van der Waals surface area contributed by atoms with Crippen molar-refractivity contribution in [3.8, 4) is 6.07 Å². The molecule has 2 N–H and O–H groups in total. The van der Waals surface area contributed by atoms with E-state index < -0.39 is 6.04 Å². The van der Waals surface area contributed by atoms with Crippen LogP contribution in [0.4, 0.5) is 4.39 Å². The highest BCUT2D eigenvalue weighted by atomic mass is 19.1. The molecule has 0 amide bonds. The second-order valence-corrected chi connectivity index (χ2v) is 5.91. The fourth-order valence-electron chi connectivity index (χ4n) is 2.91. The maximum atomic E-state index is 14.2. The summed E-state index contributed by atoms with van der Waals surface area (Å²) in [5.74, 6) is -0.279. The molecule has 1 aromatic carbocycles. The van der Waals surface area contributed by atoms with Gasteiger partial charge < -0.3 is 10.5 Å². The smallest absolute Gasteiger partial charge is 0.127 e. The highest BCUT2D eigenvalue weighted by Crippen LogP contribution is 2.26. The Hall–Kier alpha value is -1.74. The fourth-order valence-corrected chi connectivity index (χ4v) is 2.91. The Labute approximate surface area is 130 Å². The van der Waals surface area contributed by atoms with Crippen molar-refractivity contribution in [2.24, 2.45) is 5.73 Å². The Bertz CT molecular complexity index is 619. The summed E-state index contributed by atoms with van der Waals surface area (Å²) < 4.78 is 19.4. The first-order valence-corrected chi connectivity index (χ1v) is 7.62. The Morgan fingerprint density at radius 3 is 2.82 bits per heavy atom. The molecule has 3 rings (SSSR count). The maximum absolute atomic E-state index is 14.2. The van der Waals surface area contributed by atoms with E-state index in [9.17, 15) is 4.39 Å². The Morgan fingerprint density at radius 1 is 1.45 bits per heavy atom. The van der Waals surface area contributed by atoms with Crippen molar-refractivity contribution in [1.29, 1.82) is 5.26 Å². The van der Waals surface area contributed by atoms with Gasteiger partial charge in [0.05, 0.1) is 31.4 Å². The molecule has 0 bridgehead atoms. The number of halogens is 1. The third-order valence-corrected chi connectivity index (χ3v) is 4.41. The van der Waals surface area contributed by atoms with Gasteiger partial charge in [-0.1, -0.05) is 18.2 Å². The molecule has 1 aromatic rings. The summed E-state index contributed by atoms with van der Waals surface area (Å²) in [7, 11) is 0. The zero-order valence-electron chi connectivity index (χ0n) is 12.5. The van der Waals surface area contributed by atoms with E-state index in [1.807, 2.05) is 12.1 Å². The molecule has 0 radical (unpaired) electrons. The summed E-state index contributed by atoms with van der Waals surface area (Å²) in [6.07, 6.45) is 3.35. The molecule has 0 aromatic heterocycles. The minimum Gasteiger partial charge on any atom is -0.378 e. The maximum Gasteiger partial charge on any atom is 0.127 e. The molecule has 1 fully saturated rings. The van der Waals surface area contributed by atoms with Gasteiger partial charge in [-0.15, -0.1) is 0 Å². The molecule has 2 aliphatic rings. The zero-order chi connectivity index (χ0) is 15.5. The van der Waals surface area contributed by atoms with Crippen LogP contribution in [0.2, 0.25) is 0 Å². The predicted molar refractivity (Wildman–Crippen MR) is 82.5 cm³/mol. The van der Waals surface area contributed by atoms with Crippen LogP contribution < -0.4 is 5.73 Å². The van der Waals surface area contributed by atoms with Crippen LogP contribution in [-0.4, -0.2) is 43.3 Å². The summed E-state index contributed by atoms with van der Waals surface area (Å²) in [6.45, 7) is 3.53. The average Bonchev–Trinajstić information content (AvgIpc) is 2.48. The predicted octanol–water partition coefficient (Wildman–Crippen LogP) is 1.71. The Balaban J connectivity index is 1.69. The van der Waals surface area contributed by atoms with E-state index in [4.69, 9.17) is 15.7 Å². The van der Waals surface area contributed by atoms with Gasteiger partial charge in [0.25, 0.3) is 0 Å². The average molecular weight is 301 g/mol. The number of nitrogens with two attached hydrogens (primary N) is 1. The van der Waals surface area contributed by atoms with Crippen molar-refractivity contribution in [2.75, 3.05) is 26.3 Å². The molecule has 4 nitrogen and oxygen atoms in total. The molecule has 0 saturated carbocycles. The van der Waals surface area contributed by atoms with Gasteiger partial charge in [0.2, 0.25) is 0 Å². The van der Waals surface area contributed by atoms with Gasteiger partial charge >= 0.3 is 0 Å². The monoisotopic (exact) mass is 301 g/mol. The first-order valence-electron chi connectivity index (χ1n) is 7.62. The third-order valence-electron chi connectivity index (χ3n) is 4.41. The Kier molecular flexibility index (Phi) is 4.53. The highest BCUT2D eigenvalue weighted by Gasteiger charge is 2.27. The van der Waals surface area contributed by atoms with E-state index in [0.29, 0.717) is 11.6 Å². The molecule has 22 heavy (non-hydrogen) atoms. The van der Waals surface area contributed by atoms with Crippen molar-refractivity contribution in [1.82, 2.24) is 4.90 Å². The quantitative estimate of drug-likeness (QED) is 0.919. The van der Waals surface area contributed by atoms with E-state index in [-0.39, 0.29) is 12.2 Å². The number of hydrogen-bond donors (Lipinski definition) is 1. The van der Waals surface area contributed by atoms with Crippen LogP contribution in [0.3, 0.4) is 0 Å². The number of benzene rings is 1. The van der Waals surface area contributed by atoms with Crippen LogP contribution in [0.25, 0.3) is 5.57 Å². The van der Waals surface area contributed by atoms with Gasteiger partial charge in [-0.2, -0.15) is 5.26 Å². The molecule has 1 atom stereocenters. The molecule has 116 valence electrons. The number of ether oxygens (including phenoxy) is 1. The molecular weight excluding hydrogens is 281 g/mol. The summed E-state index contributed by atoms with van der Waals surface area (Å²) in [6, 6.07) is 7.05. The second kappa shape index (κ2) is 6.57. The lowest BCUT2D eigenvalue weighted by molar-refractivity contribution is -0.0612. The van der Waals surface area contributed by atoms with Gasteiger partial charge in [-0.25, -0.2) is 4.39 Å². The van der Waals surface area contributed by atoms with Crippen molar-refractivity contribution in [3.63, 3.8) is 0 Å². The van der Waals surface area contributed by atoms with Crippen molar-refractivity contribution in [2.45, 2.75) is 24.9 Å². The first-order chi connectivity index (χ1) is 10.7. The van der Waals surface area contributed by atoms with Gasteiger partial charge in [-0.05, 0) is 29.2 Å². The zero-order valence-corrected chi connectivity index (χ0v) is 12.5. The molecule has 0 aliphatic carbocycles. The van der Waals surface area contributed by atoms with E-state index in [0.717, 1.165) is 38.3 Å². The fraction of sp³-hybridized carbons (Fsp3) is 0.471. The van der Waals surface area contributed by atoms with Crippen LogP contribution in [0.1, 0.15) is 17.5 Å². The van der Waals surface area contributed by atoms with E-state index >= 15 is 0 Å². The topological polar surface area (TPSA) is 62.3 Å². The van der Waals surface area contributed by atoms with Crippen LogP contribution >= 0.6 is 0 Å². The van der Waals surface area contributed by atoms with Crippen LogP contribution in [-0.2, 0) is 11.2 Å². The van der Waals surface area contributed by atoms with Gasteiger partial charge in [0, 0.05) is 19.5 Å². The van der Waals surface area contributed by atoms with Gasteiger partial charge in [-0.3, -0.25) is 4.90 Å². The van der Waals surface area contributed by atoms with Crippen LogP contribution in [0, 0.1) is 17.1 Å². The minimum absolute atomic E-state index is 0.247. The lowest BCUT2D eigenvalue weighted by Gasteiger charge is -2.38. The summed E-state index contributed by atoms with van der Waals surface area (Å²) in [4.78, 5) is 2.41. The third kappa shape index (κ3) is 3.20. The summed E-state index contributed by atoms with van der Waals surface area (Å²) in [5, 5.41) is 8.72. The van der Waals surface area contributed by atoms with Gasteiger partial charge in [0.15, 0.2) is 0 Å². The molecule has 2 heterocycles. The van der Waals surface area contributed by atoms with E-state index in [2.05, 4.69) is 11.0 Å². The minimum atomic E-state index is -0.660. The van der Waals surface area contributed by atoms with Crippen molar-refractivity contribution in [3.05, 3.63) is 41.2 Å². The molecule has 1 saturated heterocycles. The lowest BCUT2D eigenvalue weighted by Crippen LogP contribution is -2.50. The SMILES string of the molecule is N#C[C@@H](N)Cc1ccc(C2=CCN(C3COC3)CC2)cc1F.